The molecule has 0 saturated carbocycles. The molecule has 0 atom stereocenters. The van der Waals surface area contributed by atoms with Gasteiger partial charge < -0.3 is 20.9 Å². The second-order valence-electron chi connectivity index (χ2n) is 6.16. The van der Waals surface area contributed by atoms with Gasteiger partial charge in [0.25, 0.3) is 0 Å². The fraction of sp³-hybridized carbons (Fsp3) is 0.333. The number of carbonyl (C=O) groups is 2. The summed E-state index contributed by atoms with van der Waals surface area (Å²) in [6, 6.07) is 17.0. The average molecular weight is 368 g/mol. The van der Waals surface area contributed by atoms with Crippen LogP contribution in [0.1, 0.15) is 20.3 Å². The van der Waals surface area contributed by atoms with Gasteiger partial charge in [-0.25, -0.2) is 0 Å². The van der Waals surface area contributed by atoms with E-state index in [1.54, 1.807) is 12.1 Å². The van der Waals surface area contributed by atoms with Crippen LogP contribution in [0.4, 0.5) is 17.1 Å². The van der Waals surface area contributed by atoms with Crippen LogP contribution in [0.3, 0.4) is 0 Å². The van der Waals surface area contributed by atoms with Crippen molar-refractivity contribution in [3.8, 4) is 0 Å². The van der Waals surface area contributed by atoms with Gasteiger partial charge in [0.1, 0.15) is 0 Å². The van der Waals surface area contributed by atoms with E-state index in [9.17, 15) is 9.59 Å². The fourth-order valence-electron chi connectivity index (χ4n) is 2.64. The summed E-state index contributed by atoms with van der Waals surface area (Å²) in [6.07, 6.45) is 0.820. The molecule has 0 radical (unpaired) electrons. The Morgan fingerprint density at radius 2 is 1.41 bits per heavy atom. The molecule has 0 saturated heterocycles. The van der Waals surface area contributed by atoms with Gasteiger partial charge >= 0.3 is 11.8 Å². The number of carbonyl (C=O) groups excluding carboxylic acids is 2. The summed E-state index contributed by atoms with van der Waals surface area (Å²) in [5, 5.41) is 8.54. The van der Waals surface area contributed by atoms with Gasteiger partial charge in [-0.05, 0) is 62.5 Å². The molecule has 2 amide bonds. The summed E-state index contributed by atoms with van der Waals surface area (Å²) in [4.78, 5) is 26.1. The maximum Gasteiger partial charge on any atom is 0.313 e. The quantitative estimate of drug-likeness (QED) is 0.469. The Balaban J connectivity index is 1.75. The van der Waals surface area contributed by atoms with Crippen molar-refractivity contribution in [2.75, 3.05) is 36.8 Å². The third-order valence-corrected chi connectivity index (χ3v) is 4.24. The Bertz CT molecular complexity index is 713. The van der Waals surface area contributed by atoms with Crippen molar-refractivity contribution in [1.29, 1.82) is 0 Å². The zero-order chi connectivity index (χ0) is 19.5. The SMILES string of the molecule is CCN(CC)CCCNC(=O)C(=O)Nc1ccc(Nc2ccccc2)cc1. The molecule has 0 heterocycles. The minimum Gasteiger partial charge on any atom is -0.356 e. The van der Waals surface area contributed by atoms with E-state index >= 15 is 0 Å². The molecule has 0 fully saturated rings. The summed E-state index contributed by atoms with van der Waals surface area (Å²) in [5.41, 5.74) is 2.47. The van der Waals surface area contributed by atoms with Crippen molar-refractivity contribution in [3.63, 3.8) is 0 Å². The Hall–Kier alpha value is -2.86. The van der Waals surface area contributed by atoms with Gasteiger partial charge in [0.2, 0.25) is 0 Å². The van der Waals surface area contributed by atoms with E-state index in [0.29, 0.717) is 12.2 Å². The summed E-state index contributed by atoms with van der Waals surface area (Å²) < 4.78 is 0. The number of hydrogen-bond acceptors (Lipinski definition) is 4. The Kier molecular flexibility index (Phi) is 8.32. The first-order valence-electron chi connectivity index (χ1n) is 9.36. The van der Waals surface area contributed by atoms with E-state index in [2.05, 4.69) is 34.7 Å². The molecule has 144 valence electrons. The summed E-state index contributed by atoms with van der Waals surface area (Å²) in [7, 11) is 0. The van der Waals surface area contributed by atoms with Crippen LogP contribution in [0, 0.1) is 0 Å². The van der Waals surface area contributed by atoms with Crippen LogP contribution >= 0.6 is 0 Å². The number of para-hydroxylation sites is 1. The maximum atomic E-state index is 12.0. The topological polar surface area (TPSA) is 73.5 Å². The lowest BCUT2D eigenvalue weighted by molar-refractivity contribution is -0.136. The zero-order valence-electron chi connectivity index (χ0n) is 16.0. The number of nitrogens with zero attached hydrogens (tertiary/aromatic N) is 1. The van der Waals surface area contributed by atoms with E-state index < -0.39 is 11.8 Å². The van der Waals surface area contributed by atoms with E-state index in [-0.39, 0.29) is 0 Å². The number of rotatable bonds is 9. The number of hydrogen-bond donors (Lipinski definition) is 3. The zero-order valence-corrected chi connectivity index (χ0v) is 16.0. The second-order valence-corrected chi connectivity index (χ2v) is 6.16. The number of nitrogens with one attached hydrogen (secondary N) is 3. The molecule has 27 heavy (non-hydrogen) atoms. The molecule has 6 nitrogen and oxygen atoms in total. The van der Waals surface area contributed by atoms with Crippen molar-refractivity contribution >= 4 is 28.9 Å². The van der Waals surface area contributed by atoms with Crippen molar-refractivity contribution in [3.05, 3.63) is 54.6 Å². The van der Waals surface area contributed by atoms with Gasteiger partial charge in [-0.1, -0.05) is 32.0 Å². The molecule has 0 bridgehead atoms. The van der Waals surface area contributed by atoms with Crippen LogP contribution in [0.5, 0.6) is 0 Å². The number of anilines is 3. The molecule has 2 aromatic rings. The molecule has 0 spiro atoms. The molecule has 3 N–H and O–H groups in total. The third kappa shape index (κ3) is 7.11. The molecule has 0 aromatic heterocycles. The van der Waals surface area contributed by atoms with E-state index in [4.69, 9.17) is 0 Å². The highest BCUT2D eigenvalue weighted by Crippen LogP contribution is 2.18. The molecule has 0 aliphatic rings. The normalized spacial score (nSPS) is 10.5. The molecule has 2 rings (SSSR count). The van der Waals surface area contributed by atoms with Crippen molar-refractivity contribution in [2.45, 2.75) is 20.3 Å². The van der Waals surface area contributed by atoms with E-state index in [1.165, 1.54) is 0 Å². The number of benzene rings is 2. The van der Waals surface area contributed by atoms with Crippen molar-refractivity contribution in [2.24, 2.45) is 0 Å². The van der Waals surface area contributed by atoms with Gasteiger partial charge in [0, 0.05) is 23.6 Å². The van der Waals surface area contributed by atoms with Crippen LogP contribution in [-0.4, -0.2) is 42.9 Å². The van der Waals surface area contributed by atoms with Crippen LogP contribution in [0.15, 0.2) is 54.6 Å². The predicted octanol–water partition coefficient (Wildman–Crippen LogP) is 3.22. The lowest BCUT2D eigenvalue weighted by Gasteiger charge is -2.17. The first-order chi connectivity index (χ1) is 13.1. The fourth-order valence-corrected chi connectivity index (χ4v) is 2.64. The average Bonchev–Trinajstić information content (AvgIpc) is 2.70. The highest BCUT2D eigenvalue weighted by Gasteiger charge is 2.13. The van der Waals surface area contributed by atoms with Gasteiger partial charge in [-0.2, -0.15) is 0 Å². The monoisotopic (exact) mass is 368 g/mol. The molecule has 0 unspecified atom stereocenters. The molecular formula is C21H28N4O2. The summed E-state index contributed by atoms with van der Waals surface area (Å²) in [6.45, 7) is 7.58. The van der Waals surface area contributed by atoms with E-state index in [1.807, 2.05) is 42.5 Å². The first-order valence-corrected chi connectivity index (χ1v) is 9.36. The van der Waals surface area contributed by atoms with Gasteiger partial charge in [0.05, 0.1) is 0 Å². The van der Waals surface area contributed by atoms with Gasteiger partial charge in [-0.3, -0.25) is 9.59 Å². The van der Waals surface area contributed by atoms with Crippen molar-refractivity contribution < 1.29 is 9.59 Å². The predicted molar refractivity (Wildman–Crippen MR) is 110 cm³/mol. The summed E-state index contributed by atoms with van der Waals surface area (Å²) in [5.74, 6) is -1.26. The largest absolute Gasteiger partial charge is 0.356 e. The van der Waals surface area contributed by atoms with Crippen LogP contribution in [0.2, 0.25) is 0 Å². The van der Waals surface area contributed by atoms with E-state index in [0.717, 1.165) is 37.4 Å². The molecular weight excluding hydrogens is 340 g/mol. The summed E-state index contributed by atoms with van der Waals surface area (Å²) >= 11 is 0. The minimum absolute atomic E-state index is 0.489. The smallest absolute Gasteiger partial charge is 0.313 e. The first kappa shape index (κ1) is 20.5. The highest BCUT2D eigenvalue weighted by atomic mass is 16.2. The van der Waals surface area contributed by atoms with Gasteiger partial charge in [-0.15, -0.1) is 0 Å². The van der Waals surface area contributed by atoms with Crippen LogP contribution in [-0.2, 0) is 9.59 Å². The van der Waals surface area contributed by atoms with Crippen LogP contribution in [0.25, 0.3) is 0 Å². The third-order valence-electron chi connectivity index (χ3n) is 4.24. The minimum atomic E-state index is -0.651. The van der Waals surface area contributed by atoms with Gasteiger partial charge in [0.15, 0.2) is 0 Å². The highest BCUT2D eigenvalue weighted by molar-refractivity contribution is 6.39. The second kappa shape index (κ2) is 11.0. The lowest BCUT2D eigenvalue weighted by atomic mass is 10.2. The number of amides is 2. The molecule has 2 aromatic carbocycles. The van der Waals surface area contributed by atoms with Crippen molar-refractivity contribution in [1.82, 2.24) is 10.2 Å². The van der Waals surface area contributed by atoms with Crippen LogP contribution < -0.4 is 16.0 Å². The Morgan fingerprint density at radius 3 is 2.04 bits per heavy atom. The lowest BCUT2D eigenvalue weighted by Crippen LogP contribution is -2.37. The molecule has 0 aliphatic heterocycles. The Morgan fingerprint density at radius 1 is 0.815 bits per heavy atom. The maximum absolute atomic E-state index is 12.0. The molecule has 6 heteroatoms. The molecule has 0 aliphatic carbocycles. The standard InChI is InChI=1S/C21H28N4O2/c1-3-25(4-2)16-8-15-22-20(26)21(27)24-19-13-11-18(12-14-19)23-17-9-6-5-7-10-17/h5-7,9-14,23H,3-4,8,15-16H2,1-2H3,(H,22,26)(H,24,27). The Labute approximate surface area is 161 Å².